The van der Waals surface area contributed by atoms with Crippen molar-refractivity contribution in [3.8, 4) is 16.8 Å². The fourth-order valence-electron chi connectivity index (χ4n) is 4.89. The predicted molar refractivity (Wildman–Crippen MR) is 147 cm³/mol. The monoisotopic (exact) mass is 487 g/mol. The molecule has 1 fully saturated rings. The Morgan fingerprint density at radius 3 is 2.47 bits per heavy atom. The van der Waals surface area contributed by atoms with Gasteiger partial charge in [-0.15, -0.1) is 0 Å². The number of hydrogen-bond donors (Lipinski definition) is 3. The van der Waals surface area contributed by atoms with E-state index in [0.29, 0.717) is 37.7 Å². The van der Waals surface area contributed by atoms with Crippen molar-refractivity contribution in [3.05, 3.63) is 71.4 Å². The van der Waals surface area contributed by atoms with Gasteiger partial charge in [-0.2, -0.15) is 0 Å². The molecule has 36 heavy (non-hydrogen) atoms. The SMILES string of the molecule is CCN(CC)C(=O)c1ccccc1-c1cn(-c2cccc(C)c2)c(NC)c1C(=N)NC1CCOCC1. The van der Waals surface area contributed by atoms with Crippen LogP contribution in [0.2, 0.25) is 0 Å². The zero-order valence-corrected chi connectivity index (χ0v) is 21.7. The van der Waals surface area contributed by atoms with E-state index in [1.807, 2.05) is 62.3 Å². The lowest BCUT2D eigenvalue weighted by atomic mass is 9.96. The molecule has 0 atom stereocenters. The Balaban J connectivity index is 1.89. The summed E-state index contributed by atoms with van der Waals surface area (Å²) in [7, 11) is 1.88. The molecular weight excluding hydrogens is 450 g/mol. The molecule has 3 N–H and O–H groups in total. The van der Waals surface area contributed by atoms with Crippen LogP contribution < -0.4 is 10.6 Å². The van der Waals surface area contributed by atoms with E-state index in [4.69, 9.17) is 10.1 Å². The van der Waals surface area contributed by atoms with E-state index < -0.39 is 0 Å². The van der Waals surface area contributed by atoms with Gasteiger partial charge in [-0.05, 0) is 62.9 Å². The number of carbonyl (C=O) groups is 1. The lowest BCUT2D eigenvalue weighted by molar-refractivity contribution is 0.0773. The number of nitrogens with one attached hydrogen (secondary N) is 3. The third kappa shape index (κ3) is 5.16. The molecule has 3 aromatic rings. The van der Waals surface area contributed by atoms with Crippen LogP contribution >= 0.6 is 0 Å². The smallest absolute Gasteiger partial charge is 0.254 e. The highest BCUT2D eigenvalue weighted by molar-refractivity contribution is 6.10. The van der Waals surface area contributed by atoms with Crippen LogP contribution in [-0.2, 0) is 4.74 Å². The van der Waals surface area contributed by atoms with E-state index >= 15 is 0 Å². The van der Waals surface area contributed by atoms with E-state index in [-0.39, 0.29) is 11.9 Å². The van der Waals surface area contributed by atoms with Crippen LogP contribution in [0.15, 0.2) is 54.7 Å². The van der Waals surface area contributed by atoms with Crippen molar-refractivity contribution in [3.63, 3.8) is 0 Å². The Hall–Kier alpha value is -3.58. The lowest BCUT2D eigenvalue weighted by Gasteiger charge is -2.25. The summed E-state index contributed by atoms with van der Waals surface area (Å²) in [6.07, 6.45) is 3.77. The van der Waals surface area contributed by atoms with Crippen LogP contribution in [0.25, 0.3) is 16.8 Å². The molecule has 1 aromatic heterocycles. The number of rotatable bonds is 8. The van der Waals surface area contributed by atoms with Crippen molar-refractivity contribution >= 4 is 17.6 Å². The normalized spacial score (nSPS) is 13.9. The number of amidine groups is 1. The maximum absolute atomic E-state index is 13.5. The minimum absolute atomic E-state index is 0.000202. The standard InChI is InChI=1S/C29H37N5O2/c1-5-33(6-2)29(35)24-13-8-7-12-23(24)25-19-34(22-11-9-10-20(3)18-22)28(31-4)26(25)27(30)32-21-14-16-36-17-15-21/h7-13,18-19,21,31H,5-6,14-17H2,1-4H3,(H2,30,32). The topological polar surface area (TPSA) is 82.4 Å². The zero-order valence-electron chi connectivity index (χ0n) is 21.7. The molecule has 7 heteroatoms. The molecule has 1 aliphatic rings. The molecule has 0 unspecified atom stereocenters. The molecule has 1 amide bonds. The Labute approximate surface area is 214 Å². The van der Waals surface area contributed by atoms with Gasteiger partial charge in [-0.25, -0.2) is 0 Å². The fraction of sp³-hybridized carbons (Fsp3) is 0.379. The van der Waals surface area contributed by atoms with E-state index in [9.17, 15) is 4.79 Å². The van der Waals surface area contributed by atoms with Gasteiger partial charge in [0.25, 0.3) is 5.91 Å². The van der Waals surface area contributed by atoms with Gasteiger partial charge in [0.1, 0.15) is 11.7 Å². The number of amides is 1. The van der Waals surface area contributed by atoms with Crippen molar-refractivity contribution in [1.82, 2.24) is 14.8 Å². The van der Waals surface area contributed by atoms with Gasteiger partial charge in [0.05, 0.1) is 5.56 Å². The summed E-state index contributed by atoms with van der Waals surface area (Å²) in [4.78, 5) is 15.3. The summed E-state index contributed by atoms with van der Waals surface area (Å²) in [5.41, 5.74) is 5.22. The van der Waals surface area contributed by atoms with Crippen molar-refractivity contribution in [2.45, 2.75) is 39.7 Å². The second-order valence-corrected chi connectivity index (χ2v) is 9.15. The summed E-state index contributed by atoms with van der Waals surface area (Å²) in [5.74, 6) is 1.16. The molecule has 0 bridgehead atoms. The van der Waals surface area contributed by atoms with E-state index in [2.05, 4.69) is 40.3 Å². The molecule has 2 heterocycles. The van der Waals surface area contributed by atoms with Gasteiger partial charge in [-0.1, -0.05) is 30.3 Å². The molecule has 0 radical (unpaired) electrons. The number of hydrogen-bond acceptors (Lipinski definition) is 4. The number of aromatic nitrogens is 1. The zero-order chi connectivity index (χ0) is 25.7. The first-order valence-corrected chi connectivity index (χ1v) is 12.8. The minimum Gasteiger partial charge on any atom is -0.381 e. The first-order valence-electron chi connectivity index (χ1n) is 12.8. The van der Waals surface area contributed by atoms with Crippen LogP contribution in [0.4, 0.5) is 5.82 Å². The van der Waals surface area contributed by atoms with E-state index in [1.165, 1.54) is 0 Å². The number of anilines is 1. The number of benzene rings is 2. The number of nitrogens with zero attached hydrogens (tertiary/aromatic N) is 2. The summed E-state index contributed by atoms with van der Waals surface area (Å²) in [6, 6.07) is 16.2. The average molecular weight is 488 g/mol. The van der Waals surface area contributed by atoms with Gasteiger partial charge < -0.3 is 24.8 Å². The van der Waals surface area contributed by atoms with Crippen LogP contribution in [0, 0.1) is 12.3 Å². The van der Waals surface area contributed by atoms with Gasteiger partial charge in [-0.3, -0.25) is 10.2 Å². The Morgan fingerprint density at radius 2 is 1.81 bits per heavy atom. The fourth-order valence-corrected chi connectivity index (χ4v) is 4.89. The first kappa shape index (κ1) is 25.5. The lowest BCUT2D eigenvalue weighted by Crippen LogP contribution is -2.39. The van der Waals surface area contributed by atoms with Crippen LogP contribution in [0.5, 0.6) is 0 Å². The molecule has 0 aliphatic carbocycles. The van der Waals surface area contributed by atoms with Gasteiger partial charge in [0.2, 0.25) is 0 Å². The van der Waals surface area contributed by atoms with Gasteiger partial charge in [0.15, 0.2) is 0 Å². The molecule has 2 aromatic carbocycles. The van der Waals surface area contributed by atoms with Crippen molar-refractivity contribution in [2.75, 3.05) is 38.7 Å². The molecule has 0 spiro atoms. The highest BCUT2D eigenvalue weighted by atomic mass is 16.5. The number of carbonyl (C=O) groups excluding carboxylic acids is 1. The largest absolute Gasteiger partial charge is 0.381 e. The number of ether oxygens (including phenoxy) is 1. The summed E-state index contributed by atoms with van der Waals surface area (Å²) in [6.45, 7) is 8.74. The molecule has 190 valence electrons. The highest BCUT2D eigenvalue weighted by Gasteiger charge is 2.27. The minimum atomic E-state index is -0.000202. The van der Waals surface area contributed by atoms with Crippen molar-refractivity contribution in [2.24, 2.45) is 0 Å². The molecule has 4 rings (SSSR count). The molecule has 0 saturated carbocycles. The number of aryl methyl sites for hydroxylation is 1. The first-order chi connectivity index (χ1) is 17.5. The third-order valence-corrected chi connectivity index (χ3v) is 6.84. The van der Waals surface area contributed by atoms with Crippen LogP contribution in [0.3, 0.4) is 0 Å². The third-order valence-electron chi connectivity index (χ3n) is 6.84. The quantitative estimate of drug-likeness (QED) is 0.306. The summed E-state index contributed by atoms with van der Waals surface area (Å²) in [5, 5.41) is 15.9. The Morgan fingerprint density at radius 1 is 1.08 bits per heavy atom. The average Bonchev–Trinajstić information content (AvgIpc) is 3.30. The van der Waals surface area contributed by atoms with Crippen LogP contribution in [0.1, 0.15) is 48.2 Å². The Bertz CT molecular complexity index is 1220. The molecule has 1 aliphatic heterocycles. The van der Waals surface area contributed by atoms with Crippen molar-refractivity contribution < 1.29 is 9.53 Å². The second kappa shape index (κ2) is 11.4. The second-order valence-electron chi connectivity index (χ2n) is 9.15. The van der Waals surface area contributed by atoms with Gasteiger partial charge >= 0.3 is 0 Å². The summed E-state index contributed by atoms with van der Waals surface area (Å²) < 4.78 is 7.59. The van der Waals surface area contributed by atoms with Crippen molar-refractivity contribution in [1.29, 1.82) is 5.41 Å². The van der Waals surface area contributed by atoms with Crippen LogP contribution in [-0.4, -0.2) is 60.6 Å². The predicted octanol–water partition coefficient (Wildman–Crippen LogP) is 5.07. The van der Waals surface area contributed by atoms with E-state index in [0.717, 1.165) is 46.6 Å². The highest BCUT2D eigenvalue weighted by Crippen LogP contribution is 2.36. The van der Waals surface area contributed by atoms with Gasteiger partial charge in [0, 0.05) is 62.4 Å². The maximum atomic E-state index is 13.5. The van der Waals surface area contributed by atoms with E-state index in [1.54, 1.807) is 0 Å². The molecular formula is C29H37N5O2. The Kier molecular flexibility index (Phi) is 8.10. The molecule has 1 saturated heterocycles. The summed E-state index contributed by atoms with van der Waals surface area (Å²) >= 11 is 0. The molecule has 7 nitrogen and oxygen atoms in total. The maximum Gasteiger partial charge on any atom is 0.254 e.